The number of methoxy groups -OCH3 is 1. The molecule has 0 saturated carbocycles. The summed E-state index contributed by atoms with van der Waals surface area (Å²) in [7, 11) is 1.42. The summed E-state index contributed by atoms with van der Waals surface area (Å²) in [5, 5.41) is 13.3. The Bertz CT molecular complexity index is 1150. The largest absolute Gasteiger partial charge is 0.493 e. The summed E-state index contributed by atoms with van der Waals surface area (Å²) in [5.74, 6) is -1.23. The summed E-state index contributed by atoms with van der Waals surface area (Å²) < 4.78 is 10.9. The van der Waals surface area contributed by atoms with Gasteiger partial charge in [-0.3, -0.25) is 25.0 Å². The number of nitro benzene ring substituents is 1. The number of hydrogen-bond donors (Lipinski definition) is 1. The highest BCUT2D eigenvalue weighted by Crippen LogP contribution is 2.37. The number of benzene rings is 2. The highest BCUT2D eigenvalue weighted by atomic mass is 35.5. The van der Waals surface area contributed by atoms with Crippen LogP contribution in [0.25, 0.3) is 6.08 Å². The van der Waals surface area contributed by atoms with Crippen LogP contribution in [0.1, 0.15) is 18.9 Å². The first-order valence-electron chi connectivity index (χ1n) is 9.43. The molecule has 10 nitrogen and oxygen atoms in total. The fraction of sp³-hybridized carbons (Fsp3) is 0.190. The third kappa shape index (κ3) is 4.54. The van der Waals surface area contributed by atoms with Crippen molar-refractivity contribution in [3.05, 3.63) is 62.7 Å². The predicted molar refractivity (Wildman–Crippen MR) is 116 cm³/mol. The number of rotatable bonds is 7. The molecule has 0 atom stereocenters. The maximum absolute atomic E-state index is 13.0. The number of anilines is 1. The highest BCUT2D eigenvalue weighted by molar-refractivity contribution is 6.39. The Morgan fingerprint density at radius 3 is 2.62 bits per heavy atom. The van der Waals surface area contributed by atoms with Gasteiger partial charge in [-0.05, 0) is 36.3 Å². The first-order valence-corrected chi connectivity index (χ1v) is 9.80. The molecule has 1 N–H and O–H groups in total. The van der Waals surface area contributed by atoms with Gasteiger partial charge in [0.25, 0.3) is 17.5 Å². The molecule has 3 rings (SSSR count). The van der Waals surface area contributed by atoms with E-state index < -0.39 is 22.8 Å². The molecule has 11 heteroatoms. The van der Waals surface area contributed by atoms with Crippen LogP contribution in [0, 0.1) is 10.1 Å². The molecular weight excluding hydrogens is 442 g/mol. The molecule has 0 radical (unpaired) electrons. The van der Waals surface area contributed by atoms with Crippen LogP contribution in [-0.4, -0.2) is 36.5 Å². The van der Waals surface area contributed by atoms with Crippen LogP contribution in [0.2, 0.25) is 5.02 Å². The lowest BCUT2D eigenvalue weighted by Crippen LogP contribution is -2.54. The molecule has 0 bridgehead atoms. The zero-order valence-corrected chi connectivity index (χ0v) is 17.8. The van der Waals surface area contributed by atoms with Crippen molar-refractivity contribution in [3.8, 4) is 11.5 Å². The number of nitrogens with zero attached hydrogens (tertiary/aromatic N) is 2. The normalized spacial score (nSPS) is 15.0. The van der Waals surface area contributed by atoms with Gasteiger partial charge in [0.15, 0.2) is 11.5 Å². The molecule has 1 saturated heterocycles. The van der Waals surface area contributed by atoms with Crippen LogP contribution in [-0.2, 0) is 9.59 Å². The van der Waals surface area contributed by atoms with E-state index in [1.54, 1.807) is 0 Å². The molecule has 0 spiro atoms. The minimum atomic E-state index is -1.02. The maximum atomic E-state index is 13.0. The third-order valence-electron chi connectivity index (χ3n) is 4.41. The van der Waals surface area contributed by atoms with Crippen molar-refractivity contribution in [1.29, 1.82) is 0 Å². The number of carbonyl (C=O) groups is 3. The number of barbiturate groups is 1. The second-order valence-corrected chi connectivity index (χ2v) is 7.02. The van der Waals surface area contributed by atoms with E-state index in [0.29, 0.717) is 28.6 Å². The van der Waals surface area contributed by atoms with E-state index in [0.717, 1.165) is 12.5 Å². The zero-order chi connectivity index (χ0) is 23.4. The van der Waals surface area contributed by atoms with Gasteiger partial charge in [0.1, 0.15) is 5.57 Å². The Hall–Kier alpha value is -3.92. The molecule has 1 fully saturated rings. The molecular formula is C21H18ClN3O7. The summed E-state index contributed by atoms with van der Waals surface area (Å²) in [6.45, 7) is 2.35. The average Bonchev–Trinajstić information content (AvgIpc) is 2.75. The lowest BCUT2D eigenvalue weighted by atomic mass is 10.1. The fourth-order valence-electron chi connectivity index (χ4n) is 2.97. The summed E-state index contributed by atoms with van der Waals surface area (Å²) in [6, 6.07) is 6.94. The average molecular weight is 460 g/mol. The van der Waals surface area contributed by atoms with E-state index in [-0.39, 0.29) is 22.0 Å². The van der Waals surface area contributed by atoms with Gasteiger partial charge in [0.05, 0.1) is 29.4 Å². The molecule has 0 aromatic heterocycles. The molecule has 1 heterocycles. The van der Waals surface area contributed by atoms with E-state index >= 15 is 0 Å². The van der Waals surface area contributed by atoms with Crippen molar-refractivity contribution in [2.45, 2.75) is 13.3 Å². The van der Waals surface area contributed by atoms with Crippen LogP contribution in [0.3, 0.4) is 0 Å². The number of hydrogen-bond acceptors (Lipinski definition) is 7. The molecule has 0 aliphatic carbocycles. The van der Waals surface area contributed by atoms with Crippen molar-refractivity contribution >= 4 is 46.9 Å². The monoisotopic (exact) mass is 459 g/mol. The molecule has 166 valence electrons. The smallest absolute Gasteiger partial charge is 0.335 e. The third-order valence-corrected chi connectivity index (χ3v) is 4.69. The van der Waals surface area contributed by atoms with Gasteiger partial charge >= 0.3 is 6.03 Å². The maximum Gasteiger partial charge on any atom is 0.335 e. The van der Waals surface area contributed by atoms with E-state index in [1.165, 1.54) is 43.5 Å². The number of ether oxygens (including phenoxy) is 2. The SMILES string of the molecule is CCCOc1c(Cl)cc(C=C2C(=O)NC(=O)N(c3cccc([N+](=O)[O-])c3)C2=O)cc1OC. The molecule has 2 aromatic rings. The number of halogens is 1. The van der Waals surface area contributed by atoms with Crippen molar-refractivity contribution in [3.63, 3.8) is 0 Å². The number of imide groups is 2. The minimum absolute atomic E-state index is 0.0565. The standard InChI is InChI=1S/C21H18ClN3O7/c1-3-7-32-18-16(22)9-12(10-17(18)31-2)8-15-19(26)23-21(28)24(20(15)27)13-5-4-6-14(11-13)25(29)30/h4-6,8-11H,3,7H2,1-2H3,(H,23,26,28). The first-order chi connectivity index (χ1) is 15.3. The van der Waals surface area contributed by atoms with E-state index in [4.69, 9.17) is 21.1 Å². The number of nitrogens with one attached hydrogen (secondary N) is 1. The van der Waals surface area contributed by atoms with Gasteiger partial charge in [-0.15, -0.1) is 0 Å². The fourth-order valence-corrected chi connectivity index (χ4v) is 3.25. The molecule has 0 unspecified atom stereocenters. The molecule has 4 amide bonds. The molecule has 1 aliphatic rings. The predicted octanol–water partition coefficient (Wildman–Crippen LogP) is 3.71. The minimum Gasteiger partial charge on any atom is -0.493 e. The quantitative estimate of drug-likeness (QED) is 0.289. The Balaban J connectivity index is 2.02. The van der Waals surface area contributed by atoms with Crippen LogP contribution in [0.4, 0.5) is 16.2 Å². The second-order valence-electron chi connectivity index (χ2n) is 6.62. The van der Waals surface area contributed by atoms with Crippen molar-refractivity contribution < 1.29 is 28.8 Å². The lowest BCUT2D eigenvalue weighted by Gasteiger charge is -2.26. The highest BCUT2D eigenvalue weighted by Gasteiger charge is 2.37. The zero-order valence-electron chi connectivity index (χ0n) is 17.1. The van der Waals surface area contributed by atoms with Crippen LogP contribution < -0.4 is 19.7 Å². The lowest BCUT2D eigenvalue weighted by molar-refractivity contribution is -0.384. The van der Waals surface area contributed by atoms with E-state index in [9.17, 15) is 24.5 Å². The van der Waals surface area contributed by atoms with Gasteiger partial charge in [0, 0.05) is 12.1 Å². The Kier molecular flexibility index (Phi) is 6.74. The van der Waals surface area contributed by atoms with Gasteiger partial charge < -0.3 is 9.47 Å². The van der Waals surface area contributed by atoms with Crippen LogP contribution in [0.15, 0.2) is 42.0 Å². The Morgan fingerprint density at radius 2 is 1.97 bits per heavy atom. The van der Waals surface area contributed by atoms with Crippen molar-refractivity contribution in [2.75, 3.05) is 18.6 Å². The molecule has 1 aliphatic heterocycles. The van der Waals surface area contributed by atoms with E-state index in [1.807, 2.05) is 6.92 Å². The Labute approximate surface area is 187 Å². The van der Waals surface area contributed by atoms with Gasteiger partial charge in [-0.2, -0.15) is 0 Å². The number of amides is 4. The topological polar surface area (TPSA) is 128 Å². The van der Waals surface area contributed by atoms with Gasteiger partial charge in [-0.1, -0.05) is 24.6 Å². The second kappa shape index (κ2) is 9.48. The summed E-state index contributed by atoms with van der Waals surface area (Å²) in [4.78, 5) is 48.7. The van der Waals surface area contributed by atoms with Crippen molar-refractivity contribution in [1.82, 2.24) is 5.32 Å². The number of urea groups is 1. The summed E-state index contributed by atoms with van der Waals surface area (Å²) >= 11 is 6.29. The molecule has 2 aromatic carbocycles. The van der Waals surface area contributed by atoms with Crippen LogP contribution in [0.5, 0.6) is 11.5 Å². The van der Waals surface area contributed by atoms with Gasteiger partial charge in [-0.25, -0.2) is 9.69 Å². The van der Waals surface area contributed by atoms with Crippen LogP contribution >= 0.6 is 11.6 Å². The summed E-state index contributed by atoms with van der Waals surface area (Å²) in [6.07, 6.45) is 1.99. The number of carbonyl (C=O) groups excluding carboxylic acids is 3. The Morgan fingerprint density at radius 1 is 1.22 bits per heavy atom. The first kappa shape index (κ1) is 22.8. The van der Waals surface area contributed by atoms with E-state index in [2.05, 4.69) is 5.32 Å². The summed E-state index contributed by atoms with van der Waals surface area (Å²) in [5.41, 5.74) is -0.386. The van der Waals surface area contributed by atoms with Crippen molar-refractivity contribution in [2.24, 2.45) is 0 Å². The van der Waals surface area contributed by atoms with Gasteiger partial charge in [0.2, 0.25) is 0 Å². The number of nitro groups is 1. The number of non-ortho nitro benzene ring substituents is 1. The molecule has 32 heavy (non-hydrogen) atoms.